The van der Waals surface area contributed by atoms with Gasteiger partial charge in [0.15, 0.2) is 0 Å². The van der Waals surface area contributed by atoms with Crippen LogP contribution in [0.15, 0.2) is 12.4 Å². The van der Waals surface area contributed by atoms with Gasteiger partial charge < -0.3 is 5.32 Å². The Morgan fingerprint density at radius 2 is 2.38 bits per heavy atom. The molecule has 0 spiro atoms. The maximum Gasteiger partial charge on any atom is 0.0534 e. The third-order valence-corrected chi connectivity index (χ3v) is 3.22. The van der Waals surface area contributed by atoms with E-state index in [1.165, 1.54) is 18.4 Å². The van der Waals surface area contributed by atoms with E-state index in [9.17, 15) is 0 Å². The third-order valence-electron chi connectivity index (χ3n) is 3.22. The number of nitrogens with zero attached hydrogens (tertiary/aromatic N) is 3. The van der Waals surface area contributed by atoms with E-state index in [-0.39, 0.29) is 0 Å². The van der Waals surface area contributed by atoms with E-state index in [1.807, 2.05) is 17.9 Å². The fourth-order valence-electron chi connectivity index (χ4n) is 1.78. The lowest BCUT2D eigenvalue weighted by molar-refractivity contribution is 0.242. The Labute approximate surface area is 97.6 Å². The van der Waals surface area contributed by atoms with E-state index in [2.05, 4.69) is 35.5 Å². The fraction of sp³-hybridized carbons (Fsp3) is 0.750. The summed E-state index contributed by atoms with van der Waals surface area (Å²) < 4.78 is 1.86. The first-order valence-electron chi connectivity index (χ1n) is 6.06. The summed E-state index contributed by atoms with van der Waals surface area (Å²) in [6, 6.07) is 1.37. The zero-order chi connectivity index (χ0) is 11.5. The van der Waals surface area contributed by atoms with Crippen LogP contribution < -0.4 is 5.32 Å². The van der Waals surface area contributed by atoms with Crippen molar-refractivity contribution in [1.82, 2.24) is 20.0 Å². The quantitative estimate of drug-likeness (QED) is 0.779. The molecule has 0 amide bonds. The van der Waals surface area contributed by atoms with Gasteiger partial charge in [0.05, 0.1) is 6.20 Å². The van der Waals surface area contributed by atoms with Gasteiger partial charge >= 0.3 is 0 Å². The van der Waals surface area contributed by atoms with Crippen LogP contribution in [-0.2, 0) is 13.6 Å². The molecule has 0 saturated heterocycles. The van der Waals surface area contributed by atoms with Crippen LogP contribution in [-0.4, -0.2) is 40.4 Å². The Kier molecular flexibility index (Phi) is 3.61. The highest BCUT2D eigenvalue weighted by molar-refractivity contribution is 5.03. The van der Waals surface area contributed by atoms with Gasteiger partial charge in [-0.15, -0.1) is 0 Å². The zero-order valence-corrected chi connectivity index (χ0v) is 10.5. The Hall–Kier alpha value is -0.870. The van der Waals surface area contributed by atoms with Gasteiger partial charge in [0.25, 0.3) is 0 Å². The highest BCUT2D eigenvalue weighted by atomic mass is 15.2. The lowest BCUT2D eigenvalue weighted by Gasteiger charge is -2.24. The van der Waals surface area contributed by atoms with Gasteiger partial charge in [-0.05, 0) is 26.8 Å². The predicted molar refractivity (Wildman–Crippen MR) is 65.2 cm³/mol. The monoisotopic (exact) mass is 222 g/mol. The minimum absolute atomic E-state index is 0.570. The van der Waals surface area contributed by atoms with Crippen LogP contribution in [0.25, 0.3) is 0 Å². The molecule has 16 heavy (non-hydrogen) atoms. The molecule has 4 heteroatoms. The molecular weight excluding hydrogens is 200 g/mol. The molecule has 1 saturated carbocycles. The molecule has 1 atom stereocenters. The minimum Gasteiger partial charge on any atom is -0.312 e. The summed E-state index contributed by atoms with van der Waals surface area (Å²) in [4.78, 5) is 2.37. The van der Waals surface area contributed by atoms with Crippen LogP contribution in [0.5, 0.6) is 0 Å². The van der Waals surface area contributed by atoms with E-state index in [1.54, 1.807) is 0 Å². The molecule has 1 N–H and O–H groups in total. The van der Waals surface area contributed by atoms with Crippen molar-refractivity contribution < 1.29 is 0 Å². The van der Waals surface area contributed by atoms with Gasteiger partial charge in [0.2, 0.25) is 0 Å². The van der Waals surface area contributed by atoms with Crippen molar-refractivity contribution in [2.45, 2.75) is 38.4 Å². The minimum atomic E-state index is 0.570. The highest BCUT2D eigenvalue weighted by Crippen LogP contribution is 2.18. The standard InChI is InChI=1S/C12H22N4/c1-10(6-13-12-4-5-12)15(2)8-11-7-14-16(3)9-11/h7,9-10,12-13H,4-6,8H2,1-3H3. The normalized spacial score (nSPS) is 18.0. The van der Waals surface area contributed by atoms with Crippen LogP contribution in [0.1, 0.15) is 25.3 Å². The van der Waals surface area contributed by atoms with Crippen LogP contribution in [0, 0.1) is 0 Å². The summed E-state index contributed by atoms with van der Waals surface area (Å²) in [6.45, 7) is 4.33. The molecule has 1 aromatic heterocycles. The zero-order valence-electron chi connectivity index (χ0n) is 10.5. The van der Waals surface area contributed by atoms with Crippen LogP contribution in [0.4, 0.5) is 0 Å². The lowest BCUT2D eigenvalue weighted by Crippen LogP contribution is -2.38. The Morgan fingerprint density at radius 1 is 1.62 bits per heavy atom. The second-order valence-electron chi connectivity index (χ2n) is 4.97. The molecule has 1 heterocycles. The van der Waals surface area contributed by atoms with E-state index in [0.29, 0.717) is 6.04 Å². The molecule has 1 aliphatic rings. The summed E-state index contributed by atoms with van der Waals surface area (Å²) in [5, 5.41) is 7.75. The first-order valence-corrected chi connectivity index (χ1v) is 6.06. The van der Waals surface area contributed by atoms with Gasteiger partial charge in [0, 0.05) is 44.0 Å². The van der Waals surface area contributed by atoms with Crippen LogP contribution >= 0.6 is 0 Å². The van der Waals surface area contributed by atoms with Crippen molar-refractivity contribution >= 4 is 0 Å². The molecule has 0 aliphatic heterocycles. The molecule has 1 unspecified atom stereocenters. The predicted octanol–water partition coefficient (Wildman–Crippen LogP) is 0.992. The summed E-state index contributed by atoms with van der Waals surface area (Å²) in [5.41, 5.74) is 1.28. The Balaban J connectivity index is 1.74. The molecule has 1 aliphatic carbocycles. The van der Waals surface area contributed by atoms with Crippen molar-refractivity contribution in [2.24, 2.45) is 7.05 Å². The van der Waals surface area contributed by atoms with E-state index >= 15 is 0 Å². The van der Waals surface area contributed by atoms with E-state index < -0.39 is 0 Å². The molecule has 90 valence electrons. The Bertz CT molecular complexity index is 330. The smallest absolute Gasteiger partial charge is 0.0534 e. The van der Waals surface area contributed by atoms with Gasteiger partial charge in [-0.2, -0.15) is 5.10 Å². The second-order valence-corrected chi connectivity index (χ2v) is 4.97. The molecule has 4 nitrogen and oxygen atoms in total. The van der Waals surface area contributed by atoms with Crippen molar-refractivity contribution in [3.63, 3.8) is 0 Å². The average molecular weight is 222 g/mol. The maximum atomic E-state index is 4.19. The molecule has 0 aromatic carbocycles. The lowest BCUT2D eigenvalue weighted by atomic mass is 10.2. The van der Waals surface area contributed by atoms with E-state index in [4.69, 9.17) is 0 Å². The molecule has 0 radical (unpaired) electrons. The number of hydrogen-bond donors (Lipinski definition) is 1. The van der Waals surface area contributed by atoms with Gasteiger partial charge in [-0.1, -0.05) is 0 Å². The number of nitrogens with one attached hydrogen (secondary N) is 1. The first-order chi connectivity index (χ1) is 7.65. The number of aromatic nitrogens is 2. The van der Waals surface area contributed by atoms with Gasteiger partial charge in [-0.3, -0.25) is 9.58 Å². The Morgan fingerprint density at radius 3 is 2.94 bits per heavy atom. The highest BCUT2D eigenvalue weighted by Gasteiger charge is 2.21. The van der Waals surface area contributed by atoms with Crippen molar-refractivity contribution in [1.29, 1.82) is 0 Å². The topological polar surface area (TPSA) is 33.1 Å². The molecule has 2 rings (SSSR count). The van der Waals surface area contributed by atoms with Gasteiger partial charge in [0.1, 0.15) is 0 Å². The van der Waals surface area contributed by atoms with Crippen molar-refractivity contribution in [3.05, 3.63) is 18.0 Å². The molecular formula is C12H22N4. The van der Waals surface area contributed by atoms with Crippen molar-refractivity contribution in [2.75, 3.05) is 13.6 Å². The summed E-state index contributed by atoms with van der Waals surface area (Å²) in [7, 11) is 4.13. The summed E-state index contributed by atoms with van der Waals surface area (Å²) in [5.74, 6) is 0. The van der Waals surface area contributed by atoms with E-state index in [0.717, 1.165) is 19.1 Å². The largest absolute Gasteiger partial charge is 0.312 e. The molecule has 1 fully saturated rings. The van der Waals surface area contributed by atoms with Gasteiger partial charge in [-0.25, -0.2) is 0 Å². The molecule has 0 bridgehead atoms. The number of aryl methyl sites for hydroxylation is 1. The number of likely N-dealkylation sites (N-methyl/N-ethyl adjacent to an activating group) is 1. The van der Waals surface area contributed by atoms with Crippen molar-refractivity contribution in [3.8, 4) is 0 Å². The third kappa shape index (κ3) is 3.32. The summed E-state index contributed by atoms with van der Waals surface area (Å²) >= 11 is 0. The average Bonchev–Trinajstić information content (AvgIpc) is 2.99. The fourth-order valence-corrected chi connectivity index (χ4v) is 1.78. The second kappa shape index (κ2) is 4.97. The first kappa shape index (κ1) is 11.6. The maximum absolute atomic E-state index is 4.19. The van der Waals surface area contributed by atoms with Crippen LogP contribution in [0.3, 0.4) is 0 Å². The number of hydrogen-bond acceptors (Lipinski definition) is 3. The molecule has 1 aromatic rings. The van der Waals surface area contributed by atoms with Crippen LogP contribution in [0.2, 0.25) is 0 Å². The summed E-state index contributed by atoms with van der Waals surface area (Å²) in [6.07, 6.45) is 6.74. The number of rotatable bonds is 6. The SMILES string of the molecule is CC(CNC1CC1)N(C)Cc1cnn(C)c1.